The Bertz CT molecular complexity index is 110. The van der Waals surface area contributed by atoms with Crippen LogP contribution in [-0.2, 0) is 9.53 Å². The zero-order valence-corrected chi connectivity index (χ0v) is 5.77. The van der Waals surface area contributed by atoms with Gasteiger partial charge in [0.2, 0.25) is 5.67 Å². The molecule has 3 heteroatoms. The van der Waals surface area contributed by atoms with Crippen LogP contribution >= 0.6 is 0 Å². The fourth-order valence-electron chi connectivity index (χ4n) is 0.317. The van der Waals surface area contributed by atoms with Crippen LogP contribution < -0.4 is 0 Å². The van der Waals surface area contributed by atoms with Gasteiger partial charge in [-0.2, -0.15) is 0 Å². The molecule has 0 fully saturated rings. The Morgan fingerprint density at radius 3 is 2.33 bits per heavy atom. The molecule has 0 aromatic carbocycles. The summed E-state index contributed by atoms with van der Waals surface area (Å²) in [6.45, 7) is 2.62. The van der Waals surface area contributed by atoms with Crippen molar-refractivity contribution in [3.05, 3.63) is 6.42 Å². The van der Waals surface area contributed by atoms with E-state index in [1.807, 2.05) is 0 Å². The molecule has 0 aliphatic carbocycles. The fourth-order valence-corrected chi connectivity index (χ4v) is 0.317. The van der Waals surface area contributed by atoms with Crippen LogP contribution in [0.15, 0.2) is 0 Å². The molecule has 1 atom stereocenters. The highest BCUT2D eigenvalue weighted by Crippen LogP contribution is 2.14. The summed E-state index contributed by atoms with van der Waals surface area (Å²) >= 11 is 0. The van der Waals surface area contributed by atoms with Gasteiger partial charge in [-0.15, -0.1) is 0 Å². The first-order chi connectivity index (χ1) is 4.04. The van der Waals surface area contributed by atoms with Gasteiger partial charge in [-0.1, -0.05) is 6.92 Å². The lowest BCUT2D eigenvalue weighted by Gasteiger charge is -2.13. The standard InChI is InChI=1S/C6H10FO2/c1-4-6(2,7)5(8)9-3/h4H,1-3H3. The molecule has 0 aliphatic heterocycles. The van der Waals surface area contributed by atoms with Crippen LogP contribution in [0.5, 0.6) is 0 Å². The number of alkyl halides is 1. The van der Waals surface area contributed by atoms with Crippen molar-refractivity contribution in [3.8, 4) is 0 Å². The number of esters is 1. The molecule has 0 aliphatic rings. The Hall–Kier alpha value is -0.600. The summed E-state index contributed by atoms with van der Waals surface area (Å²) in [4.78, 5) is 10.4. The summed E-state index contributed by atoms with van der Waals surface area (Å²) in [6, 6.07) is 0. The lowest BCUT2D eigenvalue weighted by molar-refractivity contribution is -0.151. The van der Waals surface area contributed by atoms with E-state index in [1.165, 1.54) is 6.92 Å². The van der Waals surface area contributed by atoms with E-state index in [0.717, 1.165) is 20.5 Å². The average molecular weight is 133 g/mol. The van der Waals surface area contributed by atoms with Crippen molar-refractivity contribution in [2.75, 3.05) is 7.11 Å². The first-order valence-corrected chi connectivity index (χ1v) is 2.62. The molecule has 0 saturated carbocycles. The van der Waals surface area contributed by atoms with Crippen LogP contribution in [0.4, 0.5) is 4.39 Å². The summed E-state index contributed by atoms with van der Waals surface area (Å²) in [5.74, 6) is -0.856. The van der Waals surface area contributed by atoms with Crippen LogP contribution in [-0.4, -0.2) is 18.7 Å². The molecule has 0 rings (SSSR count). The van der Waals surface area contributed by atoms with E-state index in [0.29, 0.717) is 0 Å². The van der Waals surface area contributed by atoms with Crippen LogP contribution in [0.1, 0.15) is 13.8 Å². The Balaban J connectivity index is 3.97. The van der Waals surface area contributed by atoms with Crippen LogP contribution in [0.25, 0.3) is 0 Å². The third-order valence-electron chi connectivity index (χ3n) is 1.13. The molecule has 0 N–H and O–H groups in total. The number of carbonyl (C=O) groups excluding carboxylic acids is 1. The minimum atomic E-state index is -1.94. The van der Waals surface area contributed by atoms with Crippen molar-refractivity contribution in [2.45, 2.75) is 19.5 Å². The third-order valence-corrected chi connectivity index (χ3v) is 1.13. The molecule has 1 unspecified atom stereocenters. The first kappa shape index (κ1) is 8.40. The topological polar surface area (TPSA) is 26.3 Å². The van der Waals surface area contributed by atoms with Crippen LogP contribution in [0.3, 0.4) is 0 Å². The van der Waals surface area contributed by atoms with Crippen molar-refractivity contribution in [1.29, 1.82) is 0 Å². The Labute approximate surface area is 54.0 Å². The molecule has 0 amide bonds. The summed E-state index contributed by atoms with van der Waals surface area (Å²) in [5, 5.41) is 0. The highest BCUT2D eigenvalue weighted by molar-refractivity contribution is 5.80. The summed E-state index contributed by atoms with van der Waals surface area (Å²) in [7, 11) is 1.16. The van der Waals surface area contributed by atoms with Gasteiger partial charge in [0.05, 0.1) is 7.11 Å². The number of hydrogen-bond donors (Lipinski definition) is 0. The predicted octanol–water partition coefficient (Wildman–Crippen LogP) is 1.11. The maximum atomic E-state index is 12.7. The molecular formula is C6H10FO2. The van der Waals surface area contributed by atoms with Gasteiger partial charge in [-0.05, 0) is 6.92 Å². The van der Waals surface area contributed by atoms with Crippen molar-refractivity contribution in [3.63, 3.8) is 0 Å². The van der Waals surface area contributed by atoms with E-state index in [-0.39, 0.29) is 0 Å². The van der Waals surface area contributed by atoms with E-state index in [1.54, 1.807) is 0 Å². The fraction of sp³-hybridized carbons (Fsp3) is 0.667. The van der Waals surface area contributed by atoms with Gasteiger partial charge in [0.25, 0.3) is 0 Å². The zero-order valence-electron chi connectivity index (χ0n) is 5.77. The van der Waals surface area contributed by atoms with Gasteiger partial charge in [0, 0.05) is 6.42 Å². The van der Waals surface area contributed by atoms with E-state index >= 15 is 0 Å². The van der Waals surface area contributed by atoms with Gasteiger partial charge in [-0.25, -0.2) is 9.18 Å². The quantitative estimate of drug-likeness (QED) is 0.527. The van der Waals surface area contributed by atoms with E-state index < -0.39 is 11.6 Å². The predicted molar refractivity (Wildman–Crippen MR) is 31.5 cm³/mol. The molecule has 0 aromatic heterocycles. The average Bonchev–Trinajstić information content (AvgIpc) is 1.86. The van der Waals surface area contributed by atoms with E-state index in [4.69, 9.17) is 0 Å². The highest BCUT2D eigenvalue weighted by atomic mass is 19.1. The van der Waals surface area contributed by atoms with Gasteiger partial charge >= 0.3 is 5.97 Å². The highest BCUT2D eigenvalue weighted by Gasteiger charge is 2.31. The Kier molecular flexibility index (Phi) is 2.62. The molecule has 0 aromatic rings. The number of rotatable bonds is 2. The first-order valence-electron chi connectivity index (χ1n) is 2.62. The van der Waals surface area contributed by atoms with Gasteiger partial charge < -0.3 is 4.74 Å². The lowest BCUT2D eigenvalue weighted by atomic mass is 10.1. The van der Waals surface area contributed by atoms with Crippen molar-refractivity contribution >= 4 is 5.97 Å². The van der Waals surface area contributed by atoms with E-state index in [2.05, 4.69) is 4.74 Å². The zero-order chi connectivity index (χ0) is 7.49. The molecule has 0 heterocycles. The maximum absolute atomic E-state index is 12.7. The summed E-state index contributed by atoms with van der Waals surface area (Å²) < 4.78 is 16.8. The number of halogens is 1. The summed E-state index contributed by atoms with van der Waals surface area (Å²) in [5.41, 5.74) is -1.94. The molecule has 0 bridgehead atoms. The van der Waals surface area contributed by atoms with Gasteiger partial charge in [0.1, 0.15) is 0 Å². The smallest absolute Gasteiger partial charge is 0.343 e. The van der Waals surface area contributed by atoms with Crippen molar-refractivity contribution in [2.24, 2.45) is 0 Å². The second-order valence-electron chi connectivity index (χ2n) is 1.86. The minimum absolute atomic E-state index is 0.856. The molecular weight excluding hydrogens is 123 g/mol. The molecule has 1 radical (unpaired) electrons. The van der Waals surface area contributed by atoms with Crippen LogP contribution in [0, 0.1) is 6.42 Å². The third kappa shape index (κ3) is 2.00. The molecule has 9 heavy (non-hydrogen) atoms. The lowest BCUT2D eigenvalue weighted by Crippen LogP contribution is -2.30. The Morgan fingerprint density at radius 2 is 2.22 bits per heavy atom. The number of ether oxygens (including phenoxy) is 1. The number of methoxy groups -OCH3 is 1. The number of carbonyl (C=O) groups is 1. The molecule has 2 nitrogen and oxygen atoms in total. The van der Waals surface area contributed by atoms with Crippen molar-refractivity contribution in [1.82, 2.24) is 0 Å². The number of hydrogen-bond acceptors (Lipinski definition) is 2. The van der Waals surface area contributed by atoms with Crippen LogP contribution in [0.2, 0.25) is 0 Å². The monoisotopic (exact) mass is 133 g/mol. The SMILES string of the molecule is C[CH]C(C)(F)C(=O)OC. The van der Waals surface area contributed by atoms with Crippen molar-refractivity contribution < 1.29 is 13.9 Å². The van der Waals surface area contributed by atoms with Gasteiger partial charge in [-0.3, -0.25) is 0 Å². The summed E-state index contributed by atoms with van der Waals surface area (Å²) in [6.07, 6.45) is 1.15. The largest absolute Gasteiger partial charge is 0.467 e. The molecule has 0 saturated heterocycles. The molecule has 0 spiro atoms. The van der Waals surface area contributed by atoms with E-state index in [9.17, 15) is 9.18 Å². The minimum Gasteiger partial charge on any atom is -0.467 e. The second-order valence-corrected chi connectivity index (χ2v) is 1.86. The van der Waals surface area contributed by atoms with Gasteiger partial charge in [0.15, 0.2) is 0 Å². The Morgan fingerprint density at radius 1 is 1.78 bits per heavy atom. The second kappa shape index (κ2) is 2.80. The molecule has 53 valence electrons. The maximum Gasteiger partial charge on any atom is 0.343 e. The normalized spacial score (nSPS) is 16.4.